The van der Waals surface area contributed by atoms with Crippen molar-refractivity contribution in [3.05, 3.63) is 7.91 Å². The average Bonchev–Trinajstić information content (AvgIpc) is 2.10. The zero-order valence-corrected chi connectivity index (χ0v) is 7.33. The van der Waals surface area contributed by atoms with Crippen LogP contribution in [0.2, 0.25) is 0 Å². The maximum atomic E-state index is 4.96. The minimum Gasteiger partial charge on any atom is -0.278 e. The third-order valence-electron chi connectivity index (χ3n) is 0.943. The van der Waals surface area contributed by atoms with Crippen molar-refractivity contribution in [2.75, 3.05) is 0 Å². The highest BCUT2D eigenvalue weighted by atomic mass is 32.2. The van der Waals surface area contributed by atoms with E-state index in [1.807, 2.05) is 11.6 Å². The standard InChI is InChI=1S/C4H6N2S3/c1-2-6-4(8)9-3(7)5-6/h2H2,1H3,(H,5,7). The monoisotopic (exact) mass is 178 g/mol. The van der Waals surface area contributed by atoms with Gasteiger partial charge in [-0.3, -0.25) is 9.78 Å². The van der Waals surface area contributed by atoms with Crippen LogP contribution in [0, 0.1) is 7.91 Å². The minimum absolute atomic E-state index is 0.752. The van der Waals surface area contributed by atoms with Gasteiger partial charge in [-0.25, -0.2) is 0 Å². The van der Waals surface area contributed by atoms with Crippen LogP contribution in [0.5, 0.6) is 0 Å². The zero-order chi connectivity index (χ0) is 6.85. The zero-order valence-electron chi connectivity index (χ0n) is 4.88. The largest absolute Gasteiger partial charge is 0.278 e. The highest BCUT2D eigenvalue weighted by molar-refractivity contribution is 7.75. The summed E-state index contributed by atoms with van der Waals surface area (Å²) in [7, 11) is 0. The van der Waals surface area contributed by atoms with Crippen LogP contribution in [0.4, 0.5) is 0 Å². The van der Waals surface area contributed by atoms with Crippen LogP contribution in [-0.4, -0.2) is 9.78 Å². The molecule has 1 aromatic rings. The lowest BCUT2D eigenvalue weighted by molar-refractivity contribution is 0.650. The predicted octanol–water partition coefficient (Wildman–Crippen LogP) is 2.36. The smallest absolute Gasteiger partial charge is 0.178 e. The number of hydrogen-bond acceptors (Lipinski definition) is 3. The second kappa shape index (κ2) is 2.72. The fourth-order valence-electron chi connectivity index (χ4n) is 0.521. The van der Waals surface area contributed by atoms with Gasteiger partial charge >= 0.3 is 0 Å². The van der Waals surface area contributed by atoms with Gasteiger partial charge in [-0.2, -0.15) is 0 Å². The molecule has 0 radical (unpaired) electrons. The molecule has 1 heterocycles. The topological polar surface area (TPSA) is 20.7 Å². The summed E-state index contributed by atoms with van der Waals surface area (Å²) in [5.74, 6) is 0. The number of rotatable bonds is 1. The quantitative estimate of drug-likeness (QED) is 0.666. The van der Waals surface area contributed by atoms with E-state index < -0.39 is 0 Å². The molecule has 0 spiro atoms. The summed E-state index contributed by atoms with van der Waals surface area (Å²) in [5.41, 5.74) is 0. The molecule has 1 rings (SSSR count). The van der Waals surface area contributed by atoms with Crippen LogP contribution in [-0.2, 0) is 6.54 Å². The molecule has 0 aliphatic carbocycles. The molecule has 0 aliphatic heterocycles. The summed E-state index contributed by atoms with van der Waals surface area (Å²) in [4.78, 5) is 0. The average molecular weight is 178 g/mol. The van der Waals surface area contributed by atoms with E-state index in [0.717, 1.165) is 14.5 Å². The van der Waals surface area contributed by atoms with Crippen molar-refractivity contribution in [2.45, 2.75) is 13.5 Å². The van der Waals surface area contributed by atoms with E-state index in [1.54, 1.807) is 0 Å². The molecule has 0 atom stereocenters. The van der Waals surface area contributed by atoms with Crippen LogP contribution in [0.15, 0.2) is 0 Å². The highest BCUT2D eigenvalue weighted by Crippen LogP contribution is 2.01. The molecule has 5 heteroatoms. The second-order valence-corrected chi connectivity index (χ2v) is 3.82. The number of aromatic nitrogens is 2. The van der Waals surface area contributed by atoms with Crippen molar-refractivity contribution >= 4 is 35.8 Å². The Kier molecular flexibility index (Phi) is 2.15. The number of nitrogens with zero attached hydrogens (tertiary/aromatic N) is 1. The van der Waals surface area contributed by atoms with Crippen LogP contribution < -0.4 is 0 Å². The Labute approximate surface area is 67.1 Å². The van der Waals surface area contributed by atoms with Gasteiger partial charge < -0.3 is 0 Å². The maximum absolute atomic E-state index is 4.96. The van der Waals surface area contributed by atoms with Gasteiger partial charge in [0.25, 0.3) is 0 Å². The van der Waals surface area contributed by atoms with Gasteiger partial charge in [0, 0.05) is 6.54 Å². The lowest BCUT2D eigenvalue weighted by Gasteiger charge is -1.90. The van der Waals surface area contributed by atoms with E-state index in [1.165, 1.54) is 11.3 Å². The van der Waals surface area contributed by atoms with Crippen LogP contribution >= 0.6 is 35.8 Å². The fraction of sp³-hybridized carbons (Fsp3) is 0.500. The Hall–Kier alpha value is -0.0000000000000000555. The maximum Gasteiger partial charge on any atom is 0.178 e. The second-order valence-electron chi connectivity index (χ2n) is 1.51. The molecule has 0 saturated carbocycles. The van der Waals surface area contributed by atoms with E-state index >= 15 is 0 Å². The molecule has 0 saturated heterocycles. The Morgan fingerprint density at radius 3 is 2.56 bits per heavy atom. The highest BCUT2D eigenvalue weighted by Gasteiger charge is 1.88. The molecule has 2 nitrogen and oxygen atoms in total. The molecular formula is C4H6N2S3. The van der Waals surface area contributed by atoms with E-state index in [9.17, 15) is 0 Å². The first-order valence-electron chi connectivity index (χ1n) is 2.54. The predicted molar refractivity (Wildman–Crippen MR) is 44.0 cm³/mol. The molecule has 0 aromatic carbocycles. The van der Waals surface area contributed by atoms with Crippen LogP contribution in [0.3, 0.4) is 0 Å². The lowest BCUT2D eigenvalue weighted by Crippen LogP contribution is -1.94. The SMILES string of the molecule is CCn1[nH]c(=S)sc1=S. The lowest BCUT2D eigenvalue weighted by atomic mass is 10.8. The summed E-state index contributed by atoms with van der Waals surface area (Å²) >= 11 is 11.2. The molecule has 50 valence electrons. The Morgan fingerprint density at radius 2 is 2.33 bits per heavy atom. The Bertz CT molecular complexity index is 291. The molecule has 1 aromatic heterocycles. The summed E-state index contributed by atoms with van der Waals surface area (Å²) in [6.07, 6.45) is 0. The van der Waals surface area contributed by atoms with Crippen molar-refractivity contribution in [2.24, 2.45) is 0 Å². The van der Waals surface area contributed by atoms with Crippen molar-refractivity contribution in [1.29, 1.82) is 0 Å². The number of H-pyrrole nitrogens is 1. The van der Waals surface area contributed by atoms with Crippen molar-refractivity contribution in [3.63, 3.8) is 0 Å². The Balaban J connectivity index is 3.33. The van der Waals surface area contributed by atoms with E-state index in [2.05, 4.69) is 5.10 Å². The van der Waals surface area contributed by atoms with Gasteiger partial charge in [0.1, 0.15) is 0 Å². The number of aryl methyl sites for hydroxylation is 1. The molecule has 9 heavy (non-hydrogen) atoms. The van der Waals surface area contributed by atoms with Gasteiger partial charge in [0.05, 0.1) is 0 Å². The number of nitrogens with one attached hydrogen (secondary N) is 1. The first-order valence-corrected chi connectivity index (χ1v) is 4.17. The first kappa shape index (κ1) is 7.11. The molecule has 1 N–H and O–H groups in total. The molecule has 0 fully saturated rings. The van der Waals surface area contributed by atoms with Crippen molar-refractivity contribution < 1.29 is 0 Å². The van der Waals surface area contributed by atoms with Gasteiger partial charge in [0.15, 0.2) is 7.91 Å². The molecule has 0 bridgehead atoms. The van der Waals surface area contributed by atoms with Gasteiger partial charge in [0.2, 0.25) is 0 Å². The molecule has 0 aliphatic rings. The third-order valence-corrected chi connectivity index (χ3v) is 2.43. The van der Waals surface area contributed by atoms with Crippen molar-refractivity contribution in [1.82, 2.24) is 9.78 Å². The third kappa shape index (κ3) is 1.47. The summed E-state index contributed by atoms with van der Waals surface area (Å²) in [6, 6.07) is 0. The van der Waals surface area contributed by atoms with Gasteiger partial charge in [-0.1, -0.05) is 11.3 Å². The number of aromatic amines is 1. The fourth-order valence-corrected chi connectivity index (χ4v) is 2.05. The summed E-state index contributed by atoms with van der Waals surface area (Å²) < 4.78 is 3.42. The van der Waals surface area contributed by atoms with Crippen LogP contribution in [0.25, 0.3) is 0 Å². The first-order chi connectivity index (χ1) is 4.24. The molecular weight excluding hydrogens is 172 g/mol. The van der Waals surface area contributed by atoms with Crippen LogP contribution in [0.1, 0.15) is 6.92 Å². The minimum atomic E-state index is 0.752. The van der Waals surface area contributed by atoms with E-state index in [-0.39, 0.29) is 0 Å². The normalized spacial score (nSPS) is 9.89. The van der Waals surface area contributed by atoms with Crippen molar-refractivity contribution in [3.8, 4) is 0 Å². The summed E-state index contributed by atoms with van der Waals surface area (Å²) in [6.45, 7) is 2.89. The van der Waals surface area contributed by atoms with Gasteiger partial charge in [-0.05, 0) is 31.4 Å². The Morgan fingerprint density at radius 1 is 1.67 bits per heavy atom. The molecule has 0 amide bonds. The van der Waals surface area contributed by atoms with Gasteiger partial charge in [-0.15, -0.1) is 0 Å². The molecule has 0 unspecified atom stereocenters. The van der Waals surface area contributed by atoms with E-state index in [4.69, 9.17) is 24.4 Å². The number of hydrogen-bond donors (Lipinski definition) is 1. The summed E-state index contributed by atoms with van der Waals surface area (Å²) in [5, 5.41) is 2.94. The van der Waals surface area contributed by atoms with E-state index in [0.29, 0.717) is 0 Å².